The number of aromatic carboxylic acids is 1. The van der Waals surface area contributed by atoms with E-state index in [9.17, 15) is 9.59 Å². The predicted octanol–water partition coefficient (Wildman–Crippen LogP) is 0.561. The lowest BCUT2D eigenvalue weighted by Crippen LogP contribution is -2.21. The highest BCUT2D eigenvalue weighted by atomic mass is 16.5. The molecule has 110 valence electrons. The van der Waals surface area contributed by atoms with Gasteiger partial charge in [-0.15, -0.1) is 5.10 Å². The van der Waals surface area contributed by atoms with Gasteiger partial charge in [0.2, 0.25) is 0 Å². The lowest BCUT2D eigenvalue weighted by Gasteiger charge is -2.10. The van der Waals surface area contributed by atoms with Gasteiger partial charge in [-0.25, -0.2) is 9.59 Å². The van der Waals surface area contributed by atoms with E-state index in [-0.39, 0.29) is 17.2 Å². The third kappa shape index (κ3) is 3.43. The second kappa shape index (κ2) is 5.86. The fourth-order valence-electron chi connectivity index (χ4n) is 1.53. The molecule has 3 N–H and O–H groups in total. The zero-order valence-corrected chi connectivity index (χ0v) is 11.2. The van der Waals surface area contributed by atoms with E-state index in [4.69, 9.17) is 9.84 Å². The summed E-state index contributed by atoms with van der Waals surface area (Å²) in [5.41, 5.74) is 0.225. The third-order valence-corrected chi connectivity index (χ3v) is 2.43. The molecular formula is C11H12N6O4. The first-order valence-corrected chi connectivity index (χ1v) is 5.73. The number of methoxy groups -OCH3 is 1. The van der Waals surface area contributed by atoms with Crippen molar-refractivity contribution >= 4 is 23.6 Å². The maximum atomic E-state index is 11.8. The summed E-state index contributed by atoms with van der Waals surface area (Å²) in [6, 6.07) is 3.45. The molecule has 0 unspecified atom stereocenters. The molecule has 2 rings (SSSR count). The van der Waals surface area contributed by atoms with Crippen LogP contribution in [0.25, 0.3) is 0 Å². The van der Waals surface area contributed by atoms with Crippen molar-refractivity contribution in [3.05, 3.63) is 23.8 Å². The maximum absolute atomic E-state index is 11.8. The summed E-state index contributed by atoms with van der Waals surface area (Å²) in [4.78, 5) is 23.9. The average molecular weight is 292 g/mol. The number of nitrogens with zero attached hydrogens (tertiary/aromatic N) is 4. The van der Waals surface area contributed by atoms with E-state index < -0.39 is 12.0 Å². The SMILES string of the molecule is COc1ccc(C(=O)O)cc1NC(=O)Nc1nnn(C)n1. The molecule has 0 aliphatic carbocycles. The Morgan fingerprint density at radius 3 is 2.67 bits per heavy atom. The van der Waals surface area contributed by atoms with Gasteiger partial charge < -0.3 is 15.2 Å². The van der Waals surface area contributed by atoms with Crippen LogP contribution in [0.5, 0.6) is 5.75 Å². The fourth-order valence-corrected chi connectivity index (χ4v) is 1.53. The summed E-state index contributed by atoms with van der Waals surface area (Å²) < 4.78 is 5.05. The van der Waals surface area contributed by atoms with Gasteiger partial charge in [-0.05, 0) is 23.4 Å². The number of hydrogen-bond donors (Lipinski definition) is 3. The largest absolute Gasteiger partial charge is 0.495 e. The molecule has 10 nitrogen and oxygen atoms in total. The number of carboxylic acids is 1. The number of aryl methyl sites for hydroxylation is 1. The number of ether oxygens (including phenoxy) is 1. The summed E-state index contributed by atoms with van der Waals surface area (Å²) in [6.45, 7) is 0. The third-order valence-electron chi connectivity index (χ3n) is 2.43. The van der Waals surface area contributed by atoms with Crippen LogP contribution in [-0.2, 0) is 7.05 Å². The molecule has 0 saturated carbocycles. The second-order valence-electron chi connectivity index (χ2n) is 3.90. The Kier molecular flexibility index (Phi) is 3.97. The van der Waals surface area contributed by atoms with Gasteiger partial charge in [0.05, 0.1) is 25.4 Å². The van der Waals surface area contributed by atoms with E-state index in [1.807, 2.05) is 0 Å². The molecule has 1 heterocycles. The van der Waals surface area contributed by atoms with Crippen molar-refractivity contribution in [1.29, 1.82) is 0 Å². The average Bonchev–Trinajstić information content (AvgIpc) is 2.83. The number of nitrogens with one attached hydrogen (secondary N) is 2. The minimum absolute atomic E-state index is 0.0170. The molecule has 0 bridgehead atoms. The molecule has 0 fully saturated rings. The van der Waals surface area contributed by atoms with Gasteiger partial charge in [-0.2, -0.15) is 4.80 Å². The number of carbonyl (C=O) groups is 2. The molecule has 0 aliphatic rings. The van der Waals surface area contributed by atoms with Gasteiger partial charge in [-0.3, -0.25) is 5.32 Å². The van der Waals surface area contributed by atoms with Crippen LogP contribution in [0.3, 0.4) is 0 Å². The van der Waals surface area contributed by atoms with Crippen LogP contribution >= 0.6 is 0 Å². The Bertz CT molecular complexity index is 683. The van der Waals surface area contributed by atoms with Crippen molar-refractivity contribution in [2.45, 2.75) is 0 Å². The highest BCUT2D eigenvalue weighted by Gasteiger charge is 2.13. The number of hydrogen-bond acceptors (Lipinski definition) is 6. The number of amides is 2. The summed E-state index contributed by atoms with van der Waals surface area (Å²) >= 11 is 0. The Morgan fingerprint density at radius 2 is 2.10 bits per heavy atom. The van der Waals surface area contributed by atoms with Gasteiger partial charge in [0.15, 0.2) is 0 Å². The number of urea groups is 1. The maximum Gasteiger partial charge on any atom is 0.335 e. The molecule has 1 aromatic heterocycles. The summed E-state index contributed by atoms with van der Waals surface area (Å²) in [5, 5.41) is 24.7. The number of aromatic nitrogens is 4. The lowest BCUT2D eigenvalue weighted by atomic mass is 10.2. The first kappa shape index (κ1) is 14.2. The van der Waals surface area contributed by atoms with Crippen molar-refractivity contribution < 1.29 is 19.4 Å². The molecule has 0 spiro atoms. The highest BCUT2D eigenvalue weighted by molar-refractivity contribution is 6.00. The summed E-state index contributed by atoms with van der Waals surface area (Å²) in [5.74, 6) is -0.776. The lowest BCUT2D eigenvalue weighted by molar-refractivity contribution is 0.0697. The van der Waals surface area contributed by atoms with Crippen molar-refractivity contribution in [3.8, 4) is 5.75 Å². The van der Waals surface area contributed by atoms with Crippen LogP contribution in [0, 0.1) is 0 Å². The smallest absolute Gasteiger partial charge is 0.335 e. The zero-order chi connectivity index (χ0) is 15.4. The fraction of sp³-hybridized carbons (Fsp3) is 0.182. The van der Waals surface area contributed by atoms with Crippen molar-refractivity contribution in [3.63, 3.8) is 0 Å². The van der Waals surface area contributed by atoms with Gasteiger partial charge in [0, 0.05) is 0 Å². The molecule has 2 aromatic rings. The van der Waals surface area contributed by atoms with E-state index in [0.717, 1.165) is 0 Å². The second-order valence-corrected chi connectivity index (χ2v) is 3.90. The quantitative estimate of drug-likeness (QED) is 0.750. The molecule has 0 radical (unpaired) electrons. The van der Waals surface area contributed by atoms with Crippen LogP contribution in [0.15, 0.2) is 18.2 Å². The first-order valence-electron chi connectivity index (χ1n) is 5.73. The minimum atomic E-state index is -1.11. The molecule has 0 atom stereocenters. The Morgan fingerprint density at radius 1 is 1.33 bits per heavy atom. The van der Waals surface area contributed by atoms with Crippen LogP contribution < -0.4 is 15.4 Å². The standard InChI is InChI=1S/C11H12N6O4/c1-17-15-10(14-16-17)13-11(20)12-7-5-6(9(18)19)3-4-8(7)21-2/h3-5H,1-2H3,(H,18,19)(H2,12,13,15,20). The van der Waals surface area contributed by atoms with Crippen molar-refractivity contribution in [2.24, 2.45) is 7.05 Å². The minimum Gasteiger partial charge on any atom is -0.495 e. The molecule has 0 saturated heterocycles. The number of anilines is 2. The van der Waals surface area contributed by atoms with Gasteiger partial charge >= 0.3 is 12.0 Å². The highest BCUT2D eigenvalue weighted by Crippen LogP contribution is 2.25. The van der Waals surface area contributed by atoms with Crippen LogP contribution in [0.2, 0.25) is 0 Å². The number of rotatable bonds is 4. The van der Waals surface area contributed by atoms with Gasteiger partial charge in [-0.1, -0.05) is 5.10 Å². The Balaban J connectivity index is 2.15. The van der Waals surface area contributed by atoms with E-state index in [2.05, 4.69) is 26.0 Å². The topological polar surface area (TPSA) is 131 Å². The van der Waals surface area contributed by atoms with E-state index >= 15 is 0 Å². The summed E-state index contributed by atoms with van der Waals surface area (Å²) in [7, 11) is 2.96. The van der Waals surface area contributed by atoms with Crippen molar-refractivity contribution in [2.75, 3.05) is 17.7 Å². The van der Waals surface area contributed by atoms with E-state index in [1.54, 1.807) is 7.05 Å². The molecule has 2 amide bonds. The van der Waals surface area contributed by atoms with E-state index in [1.165, 1.54) is 30.1 Å². The molecular weight excluding hydrogens is 280 g/mol. The number of carboxylic acid groups (broad SMARTS) is 1. The Hall–Kier alpha value is -3.17. The monoisotopic (exact) mass is 292 g/mol. The molecule has 21 heavy (non-hydrogen) atoms. The Labute approximate surface area is 118 Å². The normalized spacial score (nSPS) is 10.0. The number of tetrazole rings is 1. The predicted molar refractivity (Wildman–Crippen MR) is 71.4 cm³/mol. The van der Waals surface area contributed by atoms with Crippen LogP contribution in [-0.4, -0.2) is 44.4 Å². The molecule has 1 aromatic carbocycles. The van der Waals surface area contributed by atoms with Crippen LogP contribution in [0.1, 0.15) is 10.4 Å². The molecule has 10 heteroatoms. The number of benzene rings is 1. The van der Waals surface area contributed by atoms with Gasteiger partial charge in [0.1, 0.15) is 5.75 Å². The van der Waals surface area contributed by atoms with Crippen LogP contribution in [0.4, 0.5) is 16.4 Å². The van der Waals surface area contributed by atoms with Crippen molar-refractivity contribution in [1.82, 2.24) is 20.2 Å². The molecule has 0 aliphatic heterocycles. The first-order chi connectivity index (χ1) is 9.99. The number of carbonyl (C=O) groups excluding carboxylic acids is 1. The summed E-state index contributed by atoms with van der Waals surface area (Å²) in [6.07, 6.45) is 0. The van der Waals surface area contributed by atoms with Gasteiger partial charge in [0.25, 0.3) is 5.95 Å². The zero-order valence-electron chi connectivity index (χ0n) is 11.2. The van der Waals surface area contributed by atoms with E-state index in [0.29, 0.717) is 5.75 Å².